The number of anilines is 1. The molecule has 1 unspecified atom stereocenters. The maximum absolute atomic E-state index is 12.4. The maximum atomic E-state index is 12.4. The van der Waals surface area contributed by atoms with E-state index in [-0.39, 0.29) is 10.9 Å². The molecule has 1 atom stereocenters. The third kappa shape index (κ3) is 4.93. The summed E-state index contributed by atoms with van der Waals surface area (Å²) in [5.74, 6) is -3.02. The average molecular weight is 320 g/mol. The van der Waals surface area contributed by atoms with E-state index in [1.54, 1.807) is 0 Å². The lowest BCUT2D eigenvalue weighted by molar-refractivity contribution is 0.234. The molecule has 1 N–H and O–H groups in total. The summed E-state index contributed by atoms with van der Waals surface area (Å²) in [5, 5.41) is 3.29. The van der Waals surface area contributed by atoms with Crippen molar-refractivity contribution in [2.24, 2.45) is 5.92 Å². The quantitative estimate of drug-likeness (QED) is 0.839. The normalized spacial score (nSPS) is 14.0. The van der Waals surface area contributed by atoms with Gasteiger partial charge >= 0.3 is 5.76 Å². The molecule has 0 spiro atoms. The van der Waals surface area contributed by atoms with Crippen molar-refractivity contribution in [3.63, 3.8) is 0 Å². The van der Waals surface area contributed by atoms with Crippen LogP contribution in [0.2, 0.25) is 0 Å². The Morgan fingerprint density at radius 3 is 2.05 bits per heavy atom. The van der Waals surface area contributed by atoms with E-state index in [0.29, 0.717) is 11.6 Å². The van der Waals surface area contributed by atoms with Gasteiger partial charge in [0.1, 0.15) is 0 Å². The molecule has 4 nitrogen and oxygen atoms in total. The highest BCUT2D eigenvalue weighted by Crippen LogP contribution is 2.21. The van der Waals surface area contributed by atoms with Crippen LogP contribution >= 0.6 is 0 Å². The number of rotatable bonds is 7. The van der Waals surface area contributed by atoms with Gasteiger partial charge in [-0.25, -0.2) is 8.42 Å². The van der Waals surface area contributed by atoms with Gasteiger partial charge in [-0.3, -0.25) is 0 Å². The van der Waals surface area contributed by atoms with Crippen LogP contribution in [0, 0.1) is 5.92 Å². The second-order valence-corrected chi connectivity index (χ2v) is 7.50. The fraction of sp³-hybridized carbons (Fsp3) is 0.571. The van der Waals surface area contributed by atoms with Gasteiger partial charge in [0.2, 0.25) is 9.84 Å². The van der Waals surface area contributed by atoms with Gasteiger partial charge in [-0.1, -0.05) is 13.8 Å². The minimum Gasteiger partial charge on any atom is -0.381 e. The molecule has 0 saturated heterocycles. The predicted octanol–water partition coefficient (Wildman–Crippen LogP) is 2.68. The SMILES string of the molecule is CC(C)C(CN(C)C)Nc1ccc(S(=O)(=O)C(F)F)cc1. The van der Waals surface area contributed by atoms with Crippen LogP contribution in [0.5, 0.6) is 0 Å². The van der Waals surface area contributed by atoms with Crippen LogP contribution < -0.4 is 5.32 Å². The van der Waals surface area contributed by atoms with Crippen molar-refractivity contribution in [2.45, 2.75) is 30.5 Å². The summed E-state index contributed by atoms with van der Waals surface area (Å²) >= 11 is 0. The molecule has 1 rings (SSSR count). The Labute approximate surface area is 125 Å². The molecule has 0 aliphatic carbocycles. The van der Waals surface area contributed by atoms with E-state index in [1.165, 1.54) is 24.3 Å². The predicted molar refractivity (Wildman–Crippen MR) is 80.4 cm³/mol. The summed E-state index contributed by atoms with van der Waals surface area (Å²) in [7, 11) is -0.592. The van der Waals surface area contributed by atoms with E-state index in [2.05, 4.69) is 19.2 Å². The first-order chi connectivity index (χ1) is 9.64. The molecular weight excluding hydrogens is 298 g/mol. The van der Waals surface area contributed by atoms with Crippen LogP contribution in [0.3, 0.4) is 0 Å². The van der Waals surface area contributed by atoms with Crippen molar-refractivity contribution in [2.75, 3.05) is 26.0 Å². The van der Waals surface area contributed by atoms with Crippen LogP contribution in [-0.4, -0.2) is 45.8 Å². The van der Waals surface area contributed by atoms with Gasteiger partial charge in [-0.15, -0.1) is 0 Å². The lowest BCUT2D eigenvalue weighted by Crippen LogP contribution is -2.36. The van der Waals surface area contributed by atoms with E-state index >= 15 is 0 Å². The van der Waals surface area contributed by atoms with Crippen LogP contribution in [0.25, 0.3) is 0 Å². The summed E-state index contributed by atoms with van der Waals surface area (Å²) in [6, 6.07) is 5.62. The van der Waals surface area contributed by atoms with Crippen molar-refractivity contribution in [1.82, 2.24) is 4.90 Å². The Kier molecular flexibility index (Phi) is 6.10. The summed E-state index contributed by atoms with van der Waals surface area (Å²) < 4.78 is 47.6. The van der Waals surface area contributed by atoms with E-state index in [0.717, 1.165) is 6.54 Å². The van der Waals surface area contributed by atoms with Crippen molar-refractivity contribution >= 4 is 15.5 Å². The topological polar surface area (TPSA) is 49.4 Å². The van der Waals surface area contributed by atoms with Gasteiger partial charge in [0.05, 0.1) is 4.90 Å². The molecule has 0 radical (unpaired) electrons. The highest BCUT2D eigenvalue weighted by molar-refractivity contribution is 7.91. The summed E-state index contributed by atoms with van der Waals surface area (Å²) in [4.78, 5) is 1.68. The molecule has 120 valence electrons. The van der Waals surface area contributed by atoms with Crippen molar-refractivity contribution in [3.8, 4) is 0 Å². The van der Waals surface area contributed by atoms with Gasteiger partial charge < -0.3 is 10.2 Å². The molecule has 1 aromatic carbocycles. The maximum Gasteiger partial charge on any atom is 0.341 e. The first-order valence-electron chi connectivity index (χ1n) is 6.68. The Hall–Kier alpha value is -1.21. The number of hydrogen-bond acceptors (Lipinski definition) is 4. The third-order valence-electron chi connectivity index (χ3n) is 3.14. The number of sulfone groups is 1. The number of nitrogens with one attached hydrogen (secondary N) is 1. The van der Waals surface area contributed by atoms with Gasteiger partial charge in [-0.2, -0.15) is 8.78 Å². The Balaban J connectivity index is 2.87. The molecule has 0 amide bonds. The molecule has 0 heterocycles. The van der Waals surface area contributed by atoms with Gasteiger partial charge in [0.25, 0.3) is 0 Å². The highest BCUT2D eigenvalue weighted by Gasteiger charge is 2.26. The van der Waals surface area contributed by atoms with Crippen LogP contribution in [-0.2, 0) is 9.84 Å². The minimum atomic E-state index is -4.53. The lowest BCUT2D eigenvalue weighted by atomic mass is 10.0. The molecule has 21 heavy (non-hydrogen) atoms. The van der Waals surface area contributed by atoms with Crippen LogP contribution in [0.1, 0.15) is 13.8 Å². The zero-order chi connectivity index (χ0) is 16.2. The summed E-state index contributed by atoms with van der Waals surface area (Å²) in [5.41, 5.74) is 0.712. The van der Waals surface area contributed by atoms with Crippen molar-refractivity contribution in [1.29, 1.82) is 0 Å². The number of hydrogen-bond donors (Lipinski definition) is 1. The average Bonchev–Trinajstić information content (AvgIpc) is 2.37. The zero-order valence-electron chi connectivity index (χ0n) is 12.7. The van der Waals surface area contributed by atoms with E-state index in [9.17, 15) is 17.2 Å². The molecule has 0 aliphatic heterocycles. The van der Waals surface area contributed by atoms with Crippen molar-refractivity contribution < 1.29 is 17.2 Å². The molecule has 0 aromatic heterocycles. The van der Waals surface area contributed by atoms with Crippen LogP contribution in [0.15, 0.2) is 29.2 Å². The number of likely N-dealkylation sites (N-methyl/N-ethyl adjacent to an activating group) is 1. The lowest BCUT2D eigenvalue weighted by Gasteiger charge is -2.26. The van der Waals surface area contributed by atoms with Gasteiger partial charge in [-0.05, 0) is 44.3 Å². The van der Waals surface area contributed by atoms with E-state index < -0.39 is 15.6 Å². The molecule has 7 heteroatoms. The Morgan fingerprint density at radius 1 is 1.14 bits per heavy atom. The monoisotopic (exact) mass is 320 g/mol. The molecule has 0 fully saturated rings. The van der Waals surface area contributed by atoms with E-state index in [4.69, 9.17) is 0 Å². The number of benzene rings is 1. The third-order valence-corrected chi connectivity index (χ3v) is 4.53. The zero-order valence-corrected chi connectivity index (χ0v) is 13.5. The smallest absolute Gasteiger partial charge is 0.341 e. The minimum absolute atomic E-state index is 0.178. The molecular formula is C14H22F2N2O2S. The Morgan fingerprint density at radius 2 is 1.67 bits per heavy atom. The van der Waals surface area contributed by atoms with Crippen LogP contribution in [0.4, 0.5) is 14.5 Å². The van der Waals surface area contributed by atoms with Crippen molar-refractivity contribution in [3.05, 3.63) is 24.3 Å². The second-order valence-electron chi connectivity index (χ2n) is 5.59. The molecule has 1 aromatic rings. The Bertz CT molecular complexity index is 543. The number of alkyl halides is 2. The second kappa shape index (κ2) is 7.17. The summed E-state index contributed by atoms with van der Waals surface area (Å²) in [6.07, 6.45) is 0. The van der Waals surface area contributed by atoms with E-state index in [1.807, 2.05) is 19.0 Å². The molecule has 0 bridgehead atoms. The fourth-order valence-corrected chi connectivity index (χ4v) is 2.60. The van der Waals surface area contributed by atoms with Gasteiger partial charge in [0, 0.05) is 18.3 Å². The van der Waals surface area contributed by atoms with Gasteiger partial charge in [0.15, 0.2) is 0 Å². The molecule has 0 saturated carbocycles. The molecule has 0 aliphatic rings. The largest absolute Gasteiger partial charge is 0.381 e. The fourth-order valence-electron chi connectivity index (χ4n) is 1.87. The standard InChI is InChI=1S/C14H22F2N2O2S/c1-10(2)13(9-18(3)4)17-11-5-7-12(8-6-11)21(19,20)14(15)16/h5-8,10,13-14,17H,9H2,1-4H3. The first kappa shape index (κ1) is 17.8. The summed E-state index contributed by atoms with van der Waals surface area (Å²) in [6.45, 7) is 4.97. The number of halogens is 2. The highest BCUT2D eigenvalue weighted by atomic mass is 32.2. The number of nitrogens with zero attached hydrogens (tertiary/aromatic N) is 1. The first-order valence-corrected chi connectivity index (χ1v) is 8.22.